The van der Waals surface area contributed by atoms with Crippen LogP contribution in [-0.2, 0) is 0 Å². The van der Waals surface area contributed by atoms with Crippen molar-refractivity contribution in [3.8, 4) is 0 Å². The molecule has 0 saturated carbocycles. The van der Waals surface area contributed by atoms with E-state index in [2.05, 4.69) is 30.9 Å². The molecule has 0 amide bonds. The topological polar surface area (TPSA) is 15.3 Å². The van der Waals surface area contributed by atoms with E-state index in [1.807, 2.05) is 0 Å². The van der Waals surface area contributed by atoms with E-state index < -0.39 is 0 Å². The highest BCUT2D eigenvalue weighted by atomic mass is 15.1. The Morgan fingerprint density at radius 1 is 1.30 bits per heavy atom. The average molecular weight is 142 g/mol. The quantitative estimate of drug-likeness (QED) is 0.431. The van der Waals surface area contributed by atoms with E-state index in [-0.39, 0.29) is 0 Å². The van der Waals surface area contributed by atoms with Gasteiger partial charge in [-0.05, 0) is 33.0 Å². The van der Waals surface area contributed by atoms with Crippen molar-refractivity contribution < 1.29 is 0 Å². The molecule has 60 valence electrons. The summed E-state index contributed by atoms with van der Waals surface area (Å²) in [5.41, 5.74) is 0. The van der Waals surface area contributed by atoms with Crippen LogP contribution in [0, 0.1) is 0 Å². The summed E-state index contributed by atoms with van der Waals surface area (Å²) < 4.78 is 0. The van der Waals surface area contributed by atoms with E-state index in [9.17, 15) is 0 Å². The molecule has 0 unspecified atom stereocenters. The molecule has 0 aromatic carbocycles. The minimum absolute atomic E-state index is 1.03. The molecule has 0 heterocycles. The van der Waals surface area contributed by atoms with E-state index in [4.69, 9.17) is 0 Å². The van der Waals surface area contributed by atoms with E-state index in [1.54, 1.807) is 0 Å². The van der Waals surface area contributed by atoms with Crippen LogP contribution in [-0.4, -0.2) is 32.5 Å². The fourth-order valence-electron chi connectivity index (χ4n) is 0.907. The SMILES string of the molecule is CCCNBN(C)CCC. The average Bonchev–Trinajstić information content (AvgIpc) is 1.89. The Kier molecular flexibility index (Phi) is 7.09. The van der Waals surface area contributed by atoms with E-state index in [0.29, 0.717) is 0 Å². The molecular weight excluding hydrogens is 123 g/mol. The van der Waals surface area contributed by atoms with Crippen molar-refractivity contribution in [3.05, 3.63) is 0 Å². The van der Waals surface area contributed by atoms with Crippen molar-refractivity contribution >= 4 is 7.55 Å². The van der Waals surface area contributed by atoms with Crippen molar-refractivity contribution in [2.75, 3.05) is 20.1 Å². The number of hydrogen-bond donors (Lipinski definition) is 1. The molecule has 0 aliphatic heterocycles. The predicted octanol–water partition coefficient (Wildman–Crippen LogP) is 0.594. The van der Waals surface area contributed by atoms with Crippen LogP contribution < -0.4 is 5.23 Å². The molecule has 0 bridgehead atoms. The molecule has 0 rings (SSSR count). The first-order valence-electron chi connectivity index (χ1n) is 4.20. The highest BCUT2D eigenvalue weighted by Crippen LogP contribution is 1.80. The molecule has 0 saturated heterocycles. The summed E-state index contributed by atoms with van der Waals surface area (Å²) in [4.78, 5) is 2.30. The first kappa shape index (κ1) is 9.98. The van der Waals surface area contributed by atoms with E-state index in [0.717, 1.165) is 14.1 Å². The van der Waals surface area contributed by atoms with Crippen molar-refractivity contribution in [1.82, 2.24) is 10.0 Å². The Morgan fingerprint density at radius 2 is 2.00 bits per heavy atom. The molecule has 0 aromatic rings. The van der Waals surface area contributed by atoms with Crippen LogP contribution in [0.25, 0.3) is 0 Å². The van der Waals surface area contributed by atoms with Gasteiger partial charge >= 0.3 is 0 Å². The lowest BCUT2D eigenvalue weighted by Gasteiger charge is -2.13. The van der Waals surface area contributed by atoms with Gasteiger partial charge in [-0.2, -0.15) is 0 Å². The van der Waals surface area contributed by atoms with E-state index >= 15 is 0 Å². The molecule has 0 aromatic heterocycles. The lowest BCUT2D eigenvalue weighted by Crippen LogP contribution is -2.36. The molecule has 0 aliphatic carbocycles. The molecule has 1 N–H and O–H groups in total. The number of nitrogens with zero attached hydrogens (tertiary/aromatic N) is 1. The van der Waals surface area contributed by atoms with Gasteiger partial charge in [-0.15, -0.1) is 0 Å². The lowest BCUT2D eigenvalue weighted by atomic mass is 10.1. The van der Waals surface area contributed by atoms with Gasteiger partial charge in [0.2, 0.25) is 0 Å². The molecule has 0 aliphatic rings. The van der Waals surface area contributed by atoms with Gasteiger partial charge in [-0.1, -0.05) is 13.8 Å². The molecule has 0 radical (unpaired) electrons. The highest BCUT2D eigenvalue weighted by Gasteiger charge is 1.95. The van der Waals surface area contributed by atoms with Crippen molar-refractivity contribution in [1.29, 1.82) is 0 Å². The third-order valence-corrected chi connectivity index (χ3v) is 1.41. The minimum Gasteiger partial charge on any atom is -0.345 e. The Morgan fingerprint density at radius 3 is 2.50 bits per heavy atom. The molecule has 0 spiro atoms. The molecular formula is C7H19BN2. The lowest BCUT2D eigenvalue weighted by molar-refractivity contribution is 0.517. The Balaban J connectivity index is 2.97. The largest absolute Gasteiger partial charge is 0.345 e. The molecule has 0 atom stereocenters. The van der Waals surface area contributed by atoms with Crippen LogP contribution in [0.4, 0.5) is 0 Å². The number of rotatable bonds is 6. The Labute approximate surface area is 65.3 Å². The van der Waals surface area contributed by atoms with Crippen LogP contribution in [0.15, 0.2) is 0 Å². The molecule has 2 nitrogen and oxygen atoms in total. The van der Waals surface area contributed by atoms with Gasteiger partial charge in [0.05, 0.1) is 0 Å². The predicted molar refractivity (Wildman–Crippen MR) is 48.4 cm³/mol. The third kappa shape index (κ3) is 6.11. The van der Waals surface area contributed by atoms with Gasteiger partial charge in [-0.3, -0.25) is 0 Å². The summed E-state index contributed by atoms with van der Waals surface area (Å²) in [6.45, 7) is 6.72. The first-order valence-corrected chi connectivity index (χ1v) is 4.20. The van der Waals surface area contributed by atoms with Crippen molar-refractivity contribution in [3.63, 3.8) is 0 Å². The number of hydrogen-bond acceptors (Lipinski definition) is 2. The van der Waals surface area contributed by atoms with Crippen LogP contribution in [0.5, 0.6) is 0 Å². The smallest absolute Gasteiger partial charge is 0.288 e. The minimum atomic E-state index is 1.03. The second kappa shape index (κ2) is 7.10. The fourth-order valence-corrected chi connectivity index (χ4v) is 0.907. The zero-order chi connectivity index (χ0) is 7.82. The van der Waals surface area contributed by atoms with Crippen LogP contribution >= 0.6 is 0 Å². The van der Waals surface area contributed by atoms with Crippen LogP contribution in [0.1, 0.15) is 26.7 Å². The van der Waals surface area contributed by atoms with Gasteiger partial charge in [0.25, 0.3) is 7.55 Å². The number of nitrogens with one attached hydrogen (secondary N) is 1. The molecule has 0 fully saturated rings. The van der Waals surface area contributed by atoms with Gasteiger partial charge in [0, 0.05) is 0 Å². The van der Waals surface area contributed by atoms with Gasteiger partial charge in [0.1, 0.15) is 0 Å². The zero-order valence-corrected chi connectivity index (χ0v) is 7.48. The molecule has 10 heavy (non-hydrogen) atoms. The molecule has 3 heteroatoms. The van der Waals surface area contributed by atoms with E-state index in [1.165, 1.54) is 19.4 Å². The van der Waals surface area contributed by atoms with Crippen molar-refractivity contribution in [2.45, 2.75) is 26.7 Å². The summed E-state index contributed by atoms with van der Waals surface area (Å²) in [6, 6.07) is 0. The van der Waals surface area contributed by atoms with Crippen LogP contribution in [0.3, 0.4) is 0 Å². The summed E-state index contributed by atoms with van der Waals surface area (Å²) >= 11 is 0. The normalized spacial score (nSPS) is 10.4. The maximum absolute atomic E-state index is 3.35. The highest BCUT2D eigenvalue weighted by molar-refractivity contribution is 6.28. The standard InChI is InChI=1S/C7H19BN2/c1-4-6-9-8-10(3)7-5-2/h8-9H,4-7H2,1-3H3. The summed E-state index contributed by atoms with van der Waals surface area (Å²) in [5.74, 6) is 0. The first-order chi connectivity index (χ1) is 4.81. The van der Waals surface area contributed by atoms with Gasteiger partial charge in [-0.25, -0.2) is 0 Å². The fraction of sp³-hybridized carbons (Fsp3) is 1.00. The maximum atomic E-state index is 3.35. The van der Waals surface area contributed by atoms with Gasteiger partial charge in [0.15, 0.2) is 0 Å². The monoisotopic (exact) mass is 142 g/mol. The second-order valence-corrected chi connectivity index (χ2v) is 2.74. The summed E-state index contributed by atoms with van der Waals surface area (Å²) in [7, 11) is 3.17. The van der Waals surface area contributed by atoms with Crippen molar-refractivity contribution in [2.24, 2.45) is 0 Å². The van der Waals surface area contributed by atoms with Crippen LogP contribution in [0.2, 0.25) is 0 Å². The van der Waals surface area contributed by atoms with Gasteiger partial charge < -0.3 is 10.0 Å². The Bertz CT molecular complexity index is 68.6. The maximum Gasteiger partial charge on any atom is 0.288 e. The Hall–Kier alpha value is -0.0151. The summed E-state index contributed by atoms with van der Waals surface area (Å²) in [6.07, 6.45) is 2.46. The second-order valence-electron chi connectivity index (χ2n) is 2.74. The summed E-state index contributed by atoms with van der Waals surface area (Å²) in [5, 5.41) is 3.35. The zero-order valence-electron chi connectivity index (χ0n) is 7.48. The third-order valence-electron chi connectivity index (χ3n) is 1.41.